The number of pyridine rings is 2. The SMILES string of the molecule is [2H]C([2H])([2H])c1ccc2c(n1)sc1c(-c3cc(C([2H])([2H])C(C)C)ccn3)cccc12. The van der Waals surface area contributed by atoms with Crippen molar-refractivity contribution in [2.75, 3.05) is 0 Å². The molecule has 3 heterocycles. The lowest BCUT2D eigenvalue weighted by molar-refractivity contribution is 0.647. The third-order valence-electron chi connectivity index (χ3n) is 3.86. The molecule has 120 valence electrons. The summed E-state index contributed by atoms with van der Waals surface area (Å²) in [7, 11) is 0. The van der Waals surface area contributed by atoms with E-state index in [0.717, 1.165) is 21.0 Å². The van der Waals surface area contributed by atoms with E-state index in [0.29, 0.717) is 16.1 Å². The molecule has 0 saturated carbocycles. The molecule has 0 atom stereocenters. The van der Waals surface area contributed by atoms with Gasteiger partial charge < -0.3 is 0 Å². The average molecular weight is 338 g/mol. The van der Waals surface area contributed by atoms with Crippen LogP contribution in [0.15, 0.2) is 48.7 Å². The highest BCUT2D eigenvalue weighted by atomic mass is 32.1. The molecule has 1 aromatic carbocycles. The Morgan fingerprint density at radius 3 is 2.92 bits per heavy atom. The van der Waals surface area contributed by atoms with Gasteiger partial charge in [0.1, 0.15) is 4.83 Å². The fraction of sp³-hybridized carbons (Fsp3) is 0.238. The van der Waals surface area contributed by atoms with Crippen LogP contribution in [0, 0.1) is 12.8 Å². The van der Waals surface area contributed by atoms with Gasteiger partial charge in [-0.1, -0.05) is 32.0 Å². The van der Waals surface area contributed by atoms with Crippen molar-refractivity contribution in [3.63, 3.8) is 0 Å². The van der Waals surface area contributed by atoms with Gasteiger partial charge in [0, 0.05) is 39.8 Å². The molecule has 3 aromatic heterocycles. The Kier molecular flexibility index (Phi) is 2.64. The van der Waals surface area contributed by atoms with Crippen LogP contribution >= 0.6 is 11.3 Å². The predicted molar refractivity (Wildman–Crippen MR) is 104 cm³/mol. The first kappa shape index (κ1) is 10.6. The molecule has 0 amide bonds. The number of aryl methyl sites for hydroxylation is 1. The van der Waals surface area contributed by atoms with Crippen molar-refractivity contribution in [1.29, 1.82) is 0 Å². The Hall–Kier alpha value is -2.26. The molecule has 0 aliphatic carbocycles. The minimum absolute atomic E-state index is 0.0864. The molecule has 4 aromatic rings. The van der Waals surface area contributed by atoms with Gasteiger partial charge in [0.15, 0.2) is 0 Å². The number of hydrogen-bond acceptors (Lipinski definition) is 3. The summed E-state index contributed by atoms with van der Waals surface area (Å²) in [5.74, 6) is -0.166. The molecule has 0 unspecified atom stereocenters. The summed E-state index contributed by atoms with van der Waals surface area (Å²) >= 11 is 1.44. The Labute approximate surface area is 153 Å². The number of hydrogen-bond donors (Lipinski definition) is 0. The van der Waals surface area contributed by atoms with Crippen LogP contribution in [0.4, 0.5) is 0 Å². The van der Waals surface area contributed by atoms with Crippen molar-refractivity contribution in [3.05, 3.63) is 59.9 Å². The molecule has 0 aliphatic heterocycles. The third-order valence-corrected chi connectivity index (χ3v) is 5.00. The second kappa shape index (κ2) is 5.99. The Bertz CT molecular complexity index is 1210. The van der Waals surface area contributed by atoms with E-state index >= 15 is 0 Å². The molecule has 4 rings (SSSR count). The van der Waals surface area contributed by atoms with Crippen LogP contribution in [0.25, 0.3) is 31.6 Å². The summed E-state index contributed by atoms with van der Waals surface area (Å²) < 4.78 is 40.6. The topological polar surface area (TPSA) is 25.8 Å². The zero-order valence-electron chi connectivity index (χ0n) is 18.5. The first-order valence-electron chi connectivity index (χ1n) is 10.4. The molecule has 0 N–H and O–H groups in total. The number of aromatic nitrogens is 2. The Morgan fingerprint density at radius 2 is 2.08 bits per heavy atom. The minimum Gasteiger partial charge on any atom is -0.256 e. The van der Waals surface area contributed by atoms with Gasteiger partial charge in [-0.15, -0.1) is 11.3 Å². The minimum atomic E-state index is -2.24. The zero-order chi connectivity index (χ0) is 21.0. The first-order chi connectivity index (χ1) is 13.6. The lowest BCUT2D eigenvalue weighted by Crippen LogP contribution is -1.95. The van der Waals surface area contributed by atoms with Crippen LogP contribution in [0.5, 0.6) is 0 Å². The summed E-state index contributed by atoms with van der Waals surface area (Å²) in [6.45, 7) is 1.48. The summed E-state index contributed by atoms with van der Waals surface area (Å²) in [6.07, 6.45) is 0.184. The van der Waals surface area contributed by atoms with E-state index in [1.165, 1.54) is 11.3 Å². The van der Waals surface area contributed by atoms with Gasteiger partial charge in [-0.2, -0.15) is 0 Å². The van der Waals surface area contributed by atoms with Gasteiger partial charge in [-0.25, -0.2) is 4.98 Å². The van der Waals surface area contributed by atoms with E-state index in [4.69, 9.17) is 6.85 Å². The smallest absolute Gasteiger partial charge is 0.124 e. The van der Waals surface area contributed by atoms with Crippen molar-refractivity contribution in [3.8, 4) is 11.3 Å². The zero-order valence-corrected chi connectivity index (χ0v) is 14.3. The quantitative estimate of drug-likeness (QED) is 0.457. The average Bonchev–Trinajstić information content (AvgIpc) is 3.05. The molecule has 0 spiro atoms. The second-order valence-electron chi connectivity index (χ2n) is 6.06. The van der Waals surface area contributed by atoms with Gasteiger partial charge >= 0.3 is 0 Å². The molecule has 0 saturated heterocycles. The summed E-state index contributed by atoms with van der Waals surface area (Å²) in [5.41, 5.74) is 2.27. The van der Waals surface area contributed by atoms with Crippen molar-refractivity contribution >= 4 is 31.6 Å². The molecule has 0 radical (unpaired) electrons. The number of nitrogens with zero attached hydrogens (tertiary/aromatic N) is 2. The molecular formula is C21H20N2S. The standard InChI is InChI=1S/C21H20N2S/c1-13(2)11-15-9-10-22-19(12-15)18-6-4-5-16-17-8-7-14(3)23-21(17)24-20(16)18/h4-10,12-13H,11H2,1-3H3/i3D3,11D2. The lowest BCUT2D eigenvalue weighted by atomic mass is 10.0. The fourth-order valence-corrected chi connectivity index (χ4v) is 4.08. The highest BCUT2D eigenvalue weighted by molar-refractivity contribution is 7.26. The van der Waals surface area contributed by atoms with E-state index in [-0.39, 0.29) is 11.6 Å². The van der Waals surface area contributed by atoms with E-state index in [1.807, 2.05) is 38.1 Å². The van der Waals surface area contributed by atoms with Crippen LogP contribution in [0.1, 0.15) is 32.0 Å². The number of thiophene rings is 1. The van der Waals surface area contributed by atoms with Gasteiger partial charge in [-0.05, 0) is 49.0 Å². The number of rotatable bonds is 3. The molecule has 0 aliphatic rings. The Balaban J connectivity index is 1.91. The van der Waals surface area contributed by atoms with E-state index < -0.39 is 13.2 Å². The van der Waals surface area contributed by atoms with E-state index in [2.05, 4.69) is 9.97 Å². The van der Waals surface area contributed by atoms with Crippen LogP contribution in [0.3, 0.4) is 0 Å². The van der Waals surface area contributed by atoms with E-state index in [9.17, 15) is 0 Å². The Morgan fingerprint density at radius 1 is 1.17 bits per heavy atom. The highest BCUT2D eigenvalue weighted by Gasteiger charge is 2.12. The molecule has 3 heteroatoms. The third kappa shape index (κ3) is 2.69. The maximum Gasteiger partial charge on any atom is 0.124 e. The first-order valence-corrected chi connectivity index (χ1v) is 8.70. The van der Waals surface area contributed by atoms with Crippen LogP contribution in [0.2, 0.25) is 0 Å². The molecule has 24 heavy (non-hydrogen) atoms. The van der Waals surface area contributed by atoms with Crippen LogP contribution < -0.4 is 0 Å². The summed E-state index contributed by atoms with van der Waals surface area (Å²) in [6, 6.07) is 12.8. The van der Waals surface area contributed by atoms with Gasteiger partial charge in [0.05, 0.1) is 5.69 Å². The lowest BCUT2D eigenvalue weighted by Gasteiger charge is -2.08. The van der Waals surface area contributed by atoms with Crippen LogP contribution in [-0.2, 0) is 6.37 Å². The normalized spacial score (nSPS) is 15.9. The van der Waals surface area contributed by atoms with Gasteiger partial charge in [-0.3, -0.25) is 4.98 Å². The number of fused-ring (bicyclic) bond motifs is 3. The maximum atomic E-state index is 8.39. The largest absolute Gasteiger partial charge is 0.256 e. The fourth-order valence-electron chi connectivity index (χ4n) is 2.88. The maximum absolute atomic E-state index is 8.39. The molecule has 2 nitrogen and oxygen atoms in total. The monoisotopic (exact) mass is 337 g/mol. The molecular weight excluding hydrogens is 312 g/mol. The van der Waals surface area contributed by atoms with Gasteiger partial charge in [0.2, 0.25) is 0 Å². The predicted octanol–water partition coefficient (Wildman–Crippen LogP) is 6.02. The summed E-state index contributed by atoms with van der Waals surface area (Å²) in [4.78, 5) is 9.54. The van der Waals surface area contributed by atoms with Crippen molar-refractivity contribution in [2.24, 2.45) is 5.92 Å². The highest BCUT2D eigenvalue weighted by Crippen LogP contribution is 2.38. The van der Waals surface area contributed by atoms with E-state index in [1.54, 1.807) is 24.4 Å². The van der Waals surface area contributed by atoms with Gasteiger partial charge in [0.25, 0.3) is 0 Å². The number of benzene rings is 1. The van der Waals surface area contributed by atoms with Crippen molar-refractivity contribution < 1.29 is 6.85 Å². The van der Waals surface area contributed by atoms with Crippen LogP contribution in [-0.4, -0.2) is 9.97 Å². The van der Waals surface area contributed by atoms with Crippen molar-refractivity contribution in [1.82, 2.24) is 9.97 Å². The van der Waals surface area contributed by atoms with Crippen molar-refractivity contribution in [2.45, 2.75) is 27.1 Å². The summed E-state index contributed by atoms with van der Waals surface area (Å²) in [5, 5.41) is 1.90. The second-order valence-corrected chi connectivity index (χ2v) is 7.06. The molecule has 0 bridgehead atoms. The molecule has 0 fully saturated rings.